The summed E-state index contributed by atoms with van der Waals surface area (Å²) in [6.07, 6.45) is 2.26. The predicted octanol–water partition coefficient (Wildman–Crippen LogP) is 4.14. The third-order valence-electron chi connectivity index (χ3n) is 2.91. The van der Waals surface area contributed by atoms with Gasteiger partial charge in [-0.2, -0.15) is 0 Å². The molecule has 1 aromatic carbocycles. The van der Waals surface area contributed by atoms with Crippen LogP contribution in [0.3, 0.4) is 0 Å². The number of aromatic nitrogens is 1. The summed E-state index contributed by atoms with van der Waals surface area (Å²) in [6.45, 7) is 0. The van der Waals surface area contributed by atoms with Crippen LogP contribution in [0.4, 0.5) is 4.39 Å². The van der Waals surface area contributed by atoms with E-state index in [9.17, 15) is 4.39 Å². The van der Waals surface area contributed by atoms with Gasteiger partial charge in [-0.05, 0) is 53.2 Å². The summed E-state index contributed by atoms with van der Waals surface area (Å²) in [6, 6.07) is 8.72. The van der Waals surface area contributed by atoms with Crippen molar-refractivity contribution in [2.45, 2.75) is 12.5 Å². The lowest BCUT2D eigenvalue weighted by Gasteiger charge is -2.16. The van der Waals surface area contributed by atoms with Crippen molar-refractivity contribution in [2.75, 3.05) is 7.05 Å². The number of benzene rings is 1. The SMILES string of the molecule is CNC(Cc1cccc(F)c1Br)c1ccc(Cl)cn1. The minimum atomic E-state index is -0.253. The molecule has 1 N–H and O–H groups in total. The molecule has 2 rings (SSSR count). The molecule has 0 aliphatic carbocycles. The molecule has 5 heteroatoms. The highest BCUT2D eigenvalue weighted by molar-refractivity contribution is 9.10. The maximum atomic E-state index is 13.5. The van der Waals surface area contributed by atoms with Crippen LogP contribution in [0.2, 0.25) is 5.02 Å². The summed E-state index contributed by atoms with van der Waals surface area (Å²) in [5.41, 5.74) is 1.78. The van der Waals surface area contributed by atoms with Gasteiger partial charge in [0.2, 0.25) is 0 Å². The first-order chi connectivity index (χ1) is 9.11. The molecule has 0 radical (unpaired) electrons. The molecule has 19 heavy (non-hydrogen) atoms. The van der Waals surface area contributed by atoms with Gasteiger partial charge in [-0.15, -0.1) is 0 Å². The lowest BCUT2D eigenvalue weighted by atomic mass is 10.0. The Balaban J connectivity index is 2.24. The molecule has 0 bridgehead atoms. The van der Waals surface area contributed by atoms with Crippen molar-refractivity contribution < 1.29 is 4.39 Å². The Hall–Kier alpha value is -0.970. The number of nitrogens with zero attached hydrogens (tertiary/aromatic N) is 1. The normalized spacial score (nSPS) is 12.4. The summed E-state index contributed by atoms with van der Waals surface area (Å²) in [4.78, 5) is 4.29. The molecular formula is C14H13BrClFN2. The van der Waals surface area contributed by atoms with Crippen molar-refractivity contribution in [3.8, 4) is 0 Å². The molecule has 1 unspecified atom stereocenters. The van der Waals surface area contributed by atoms with E-state index in [0.29, 0.717) is 15.9 Å². The van der Waals surface area contributed by atoms with Crippen molar-refractivity contribution >= 4 is 27.5 Å². The molecule has 1 aromatic heterocycles. The maximum absolute atomic E-state index is 13.5. The van der Waals surface area contributed by atoms with E-state index in [1.54, 1.807) is 18.3 Å². The third kappa shape index (κ3) is 3.53. The van der Waals surface area contributed by atoms with E-state index in [0.717, 1.165) is 11.3 Å². The fraction of sp³-hybridized carbons (Fsp3) is 0.214. The van der Waals surface area contributed by atoms with Crippen molar-refractivity contribution in [1.82, 2.24) is 10.3 Å². The van der Waals surface area contributed by atoms with E-state index in [2.05, 4.69) is 26.2 Å². The van der Waals surface area contributed by atoms with Crippen molar-refractivity contribution in [1.29, 1.82) is 0 Å². The summed E-state index contributed by atoms with van der Waals surface area (Å²) in [7, 11) is 1.86. The van der Waals surface area contributed by atoms with Gasteiger partial charge in [0.05, 0.1) is 21.2 Å². The topological polar surface area (TPSA) is 24.9 Å². The monoisotopic (exact) mass is 342 g/mol. The number of hydrogen-bond donors (Lipinski definition) is 1. The Morgan fingerprint density at radius 1 is 1.37 bits per heavy atom. The largest absolute Gasteiger partial charge is 0.311 e. The van der Waals surface area contributed by atoms with E-state index >= 15 is 0 Å². The molecule has 0 aliphatic rings. The maximum Gasteiger partial charge on any atom is 0.137 e. The molecule has 0 saturated carbocycles. The second kappa shape index (κ2) is 6.46. The minimum absolute atomic E-state index is 0.00960. The highest BCUT2D eigenvalue weighted by Gasteiger charge is 2.14. The van der Waals surface area contributed by atoms with Crippen LogP contribution in [0.1, 0.15) is 17.3 Å². The van der Waals surface area contributed by atoms with Crippen LogP contribution in [0.5, 0.6) is 0 Å². The summed E-state index contributed by atoms with van der Waals surface area (Å²) >= 11 is 9.10. The first-order valence-electron chi connectivity index (χ1n) is 5.83. The Morgan fingerprint density at radius 2 is 2.16 bits per heavy atom. The van der Waals surface area contributed by atoms with Crippen LogP contribution >= 0.6 is 27.5 Å². The van der Waals surface area contributed by atoms with E-state index in [1.165, 1.54) is 6.07 Å². The van der Waals surface area contributed by atoms with Gasteiger partial charge in [0, 0.05) is 6.20 Å². The molecule has 0 amide bonds. The standard InChI is InChI=1S/C14H13BrClFN2/c1-18-13(12-6-5-10(16)8-19-12)7-9-3-2-4-11(17)14(9)15/h2-6,8,13,18H,7H2,1H3. The van der Waals surface area contributed by atoms with Gasteiger partial charge in [-0.25, -0.2) is 4.39 Å². The first-order valence-corrected chi connectivity index (χ1v) is 7.00. The molecule has 0 spiro atoms. The third-order valence-corrected chi connectivity index (χ3v) is 4.02. The van der Waals surface area contributed by atoms with Crippen molar-refractivity contribution in [3.05, 3.63) is 63.1 Å². The van der Waals surface area contributed by atoms with Crippen LogP contribution in [-0.2, 0) is 6.42 Å². The Kier molecular flexibility index (Phi) is 4.91. The van der Waals surface area contributed by atoms with E-state index in [-0.39, 0.29) is 11.9 Å². The smallest absolute Gasteiger partial charge is 0.137 e. The molecule has 2 aromatic rings. The molecule has 0 fully saturated rings. The lowest BCUT2D eigenvalue weighted by Crippen LogP contribution is -2.20. The highest BCUT2D eigenvalue weighted by Crippen LogP contribution is 2.25. The van der Waals surface area contributed by atoms with Gasteiger partial charge >= 0.3 is 0 Å². The van der Waals surface area contributed by atoms with Crippen LogP contribution in [0.15, 0.2) is 41.0 Å². The number of rotatable bonds is 4. The zero-order valence-corrected chi connectivity index (χ0v) is 12.7. The summed E-state index contributed by atoms with van der Waals surface area (Å²) in [5, 5.41) is 3.79. The van der Waals surface area contributed by atoms with Gasteiger partial charge in [-0.1, -0.05) is 23.7 Å². The molecule has 100 valence electrons. The molecular weight excluding hydrogens is 331 g/mol. The molecule has 0 saturated heterocycles. The van der Waals surface area contributed by atoms with Crippen molar-refractivity contribution in [3.63, 3.8) is 0 Å². The highest BCUT2D eigenvalue weighted by atomic mass is 79.9. The number of likely N-dealkylation sites (N-methyl/N-ethyl adjacent to an activating group) is 1. The number of halogens is 3. The zero-order valence-electron chi connectivity index (χ0n) is 10.3. The van der Waals surface area contributed by atoms with E-state index < -0.39 is 0 Å². The average Bonchev–Trinajstić information content (AvgIpc) is 2.42. The zero-order chi connectivity index (χ0) is 13.8. The molecule has 0 aliphatic heterocycles. The fourth-order valence-corrected chi connectivity index (χ4v) is 2.41. The predicted molar refractivity (Wildman–Crippen MR) is 78.9 cm³/mol. The molecule has 2 nitrogen and oxygen atoms in total. The van der Waals surface area contributed by atoms with Crippen molar-refractivity contribution in [2.24, 2.45) is 0 Å². The summed E-state index contributed by atoms with van der Waals surface area (Å²) in [5.74, 6) is -0.253. The molecule has 1 atom stereocenters. The van der Waals surface area contributed by atoms with Crippen LogP contribution in [-0.4, -0.2) is 12.0 Å². The van der Waals surface area contributed by atoms with E-state index in [4.69, 9.17) is 11.6 Å². The second-order valence-electron chi connectivity index (χ2n) is 4.16. The summed E-state index contributed by atoms with van der Waals surface area (Å²) < 4.78 is 14.0. The number of nitrogens with one attached hydrogen (secondary N) is 1. The minimum Gasteiger partial charge on any atom is -0.311 e. The average molecular weight is 344 g/mol. The van der Waals surface area contributed by atoms with Gasteiger partial charge in [-0.3, -0.25) is 4.98 Å². The first kappa shape index (κ1) is 14.4. The van der Waals surface area contributed by atoms with Crippen LogP contribution in [0, 0.1) is 5.82 Å². The molecule has 1 heterocycles. The fourth-order valence-electron chi connectivity index (χ4n) is 1.87. The number of pyridine rings is 1. The number of hydrogen-bond acceptors (Lipinski definition) is 2. The Morgan fingerprint density at radius 3 is 2.79 bits per heavy atom. The van der Waals surface area contributed by atoms with Gasteiger partial charge in [0.25, 0.3) is 0 Å². The van der Waals surface area contributed by atoms with E-state index in [1.807, 2.05) is 19.2 Å². The van der Waals surface area contributed by atoms with Gasteiger partial charge < -0.3 is 5.32 Å². The lowest BCUT2D eigenvalue weighted by molar-refractivity contribution is 0.567. The Bertz CT molecular complexity index is 560. The second-order valence-corrected chi connectivity index (χ2v) is 5.39. The van der Waals surface area contributed by atoms with Gasteiger partial charge in [0.1, 0.15) is 5.82 Å². The van der Waals surface area contributed by atoms with Gasteiger partial charge in [0.15, 0.2) is 0 Å². The quantitative estimate of drug-likeness (QED) is 0.902. The van der Waals surface area contributed by atoms with Crippen LogP contribution < -0.4 is 5.32 Å². The van der Waals surface area contributed by atoms with Crippen LogP contribution in [0.25, 0.3) is 0 Å². The Labute approximate surface area is 125 Å².